The van der Waals surface area contributed by atoms with Crippen molar-refractivity contribution in [2.24, 2.45) is 4.99 Å². The van der Waals surface area contributed by atoms with Gasteiger partial charge in [0.15, 0.2) is 11.5 Å². The maximum atomic E-state index is 13.3. The molecule has 0 aliphatic rings. The number of aliphatic imine (C=N–C) groups is 1. The van der Waals surface area contributed by atoms with Crippen LogP contribution in [0.5, 0.6) is 0 Å². The molecule has 0 saturated carbocycles. The van der Waals surface area contributed by atoms with Crippen molar-refractivity contribution < 1.29 is 23.1 Å². The largest absolute Gasteiger partial charge is 0.356 e. The predicted octanol–water partition coefficient (Wildman–Crippen LogP) is 3.85. The van der Waals surface area contributed by atoms with Crippen molar-refractivity contribution >= 4 is 40.2 Å². The van der Waals surface area contributed by atoms with Crippen LogP contribution in [0.15, 0.2) is 35.5 Å². The van der Waals surface area contributed by atoms with Crippen LogP contribution < -0.4 is 10.8 Å². The molecule has 0 saturated heterocycles. The number of hydrogen-bond acceptors (Lipinski definition) is 6. The molecule has 0 unspecified atom stereocenters. The molecule has 0 bridgehead atoms. The Bertz CT molecular complexity index is 1010. The Balaban J connectivity index is 1.81. The summed E-state index contributed by atoms with van der Waals surface area (Å²) in [6.07, 6.45) is 1.82. The van der Waals surface area contributed by atoms with Crippen LogP contribution in [0.3, 0.4) is 0 Å². The summed E-state index contributed by atoms with van der Waals surface area (Å²) in [5, 5.41) is 12.4. The summed E-state index contributed by atoms with van der Waals surface area (Å²) >= 11 is 5.76. The fourth-order valence-corrected chi connectivity index (χ4v) is 2.65. The molecular weight excluding hydrogens is 413 g/mol. The van der Waals surface area contributed by atoms with Gasteiger partial charge in [-0.05, 0) is 30.7 Å². The van der Waals surface area contributed by atoms with Crippen LogP contribution in [0, 0.1) is 5.82 Å². The molecule has 0 aliphatic heterocycles. The summed E-state index contributed by atoms with van der Waals surface area (Å²) in [5.41, 5.74) is 3.57. The van der Waals surface area contributed by atoms with Gasteiger partial charge < -0.3 is 15.0 Å². The van der Waals surface area contributed by atoms with Crippen molar-refractivity contribution in [3.05, 3.63) is 46.9 Å². The highest BCUT2D eigenvalue weighted by molar-refractivity contribution is 6.31. The topological polar surface area (TPSA) is 107 Å². The Morgan fingerprint density at radius 1 is 1.34 bits per heavy atom. The number of fused-ring (bicyclic) bond motifs is 1. The van der Waals surface area contributed by atoms with Gasteiger partial charge in [-0.25, -0.2) is 14.4 Å². The lowest BCUT2D eigenvalue weighted by atomic mass is 10.2. The van der Waals surface area contributed by atoms with Crippen LogP contribution in [0.1, 0.15) is 12.0 Å². The first-order valence-corrected chi connectivity index (χ1v) is 8.78. The SMILES string of the molecule is ONC(=Nc1ccc(F)c(Cl)c1)c1ccnc2nc(NCCCOC(F)F)[nH]c12. The van der Waals surface area contributed by atoms with Gasteiger partial charge in [0.25, 0.3) is 0 Å². The minimum Gasteiger partial charge on any atom is -0.356 e. The molecule has 3 rings (SSSR count). The number of nitrogens with zero attached hydrogens (tertiary/aromatic N) is 3. The summed E-state index contributed by atoms with van der Waals surface area (Å²) in [6, 6.07) is 5.47. The fraction of sp³-hybridized carbons (Fsp3) is 0.235. The minimum atomic E-state index is -2.80. The second-order valence-electron chi connectivity index (χ2n) is 5.72. The smallest absolute Gasteiger partial charge is 0.345 e. The Morgan fingerprint density at radius 3 is 2.90 bits per heavy atom. The lowest BCUT2D eigenvalue weighted by Gasteiger charge is -2.06. The van der Waals surface area contributed by atoms with E-state index in [1.54, 1.807) is 6.07 Å². The number of nitrogens with one attached hydrogen (secondary N) is 3. The van der Waals surface area contributed by atoms with Crippen LogP contribution in [0.25, 0.3) is 11.2 Å². The standard InChI is InChI=1S/C17H16ClF3N6O2/c18-11-8-9(2-3-12(11)19)24-14(27-28)10-4-6-22-15-13(10)25-17(26-15)23-5-1-7-29-16(20)21/h2-4,6,8,16,28H,1,5,7H2,(H,24,27)(H2,22,23,25,26). The zero-order valence-corrected chi connectivity index (χ0v) is 15.6. The van der Waals surface area contributed by atoms with Crippen molar-refractivity contribution in [3.63, 3.8) is 0 Å². The summed E-state index contributed by atoms with van der Waals surface area (Å²) in [6.45, 7) is -2.55. The molecule has 0 amide bonds. The van der Waals surface area contributed by atoms with Crippen molar-refractivity contribution in [3.8, 4) is 0 Å². The van der Waals surface area contributed by atoms with Crippen LogP contribution >= 0.6 is 11.6 Å². The van der Waals surface area contributed by atoms with Gasteiger partial charge in [-0.15, -0.1) is 0 Å². The van der Waals surface area contributed by atoms with Crippen molar-refractivity contribution in [1.82, 2.24) is 20.4 Å². The van der Waals surface area contributed by atoms with Gasteiger partial charge in [0.05, 0.1) is 22.8 Å². The maximum absolute atomic E-state index is 13.3. The molecule has 12 heteroatoms. The number of alkyl halides is 2. The number of imidazole rings is 1. The average Bonchev–Trinajstić information content (AvgIpc) is 3.11. The van der Waals surface area contributed by atoms with Crippen LogP contribution in [0.4, 0.5) is 24.8 Å². The highest BCUT2D eigenvalue weighted by atomic mass is 35.5. The third-order valence-corrected chi connectivity index (χ3v) is 4.04. The highest BCUT2D eigenvalue weighted by Gasteiger charge is 2.13. The van der Waals surface area contributed by atoms with Gasteiger partial charge in [0.1, 0.15) is 5.82 Å². The number of halogens is 4. The molecular formula is C17H16ClF3N6O2. The summed E-state index contributed by atoms with van der Waals surface area (Å²) in [4.78, 5) is 15.6. The van der Waals surface area contributed by atoms with E-state index in [2.05, 4.69) is 30.0 Å². The molecule has 0 atom stereocenters. The highest BCUT2D eigenvalue weighted by Crippen LogP contribution is 2.23. The molecule has 154 valence electrons. The van der Waals surface area contributed by atoms with Gasteiger partial charge >= 0.3 is 6.61 Å². The second kappa shape index (κ2) is 9.54. The number of pyridine rings is 1. The molecule has 2 aromatic heterocycles. The first kappa shape index (κ1) is 20.8. The normalized spacial score (nSPS) is 12.0. The number of ether oxygens (including phenoxy) is 1. The number of H-pyrrole nitrogens is 1. The first-order valence-electron chi connectivity index (χ1n) is 8.40. The van der Waals surface area contributed by atoms with Crippen LogP contribution in [-0.4, -0.2) is 45.8 Å². The van der Waals surface area contributed by atoms with E-state index in [0.717, 1.165) is 6.07 Å². The number of aromatic amines is 1. The number of hydrogen-bond donors (Lipinski definition) is 4. The average molecular weight is 429 g/mol. The van der Waals surface area contributed by atoms with Gasteiger partial charge in [0, 0.05) is 18.3 Å². The van der Waals surface area contributed by atoms with E-state index in [-0.39, 0.29) is 17.5 Å². The molecule has 0 fully saturated rings. The van der Waals surface area contributed by atoms with E-state index >= 15 is 0 Å². The third-order valence-electron chi connectivity index (χ3n) is 3.75. The number of amidine groups is 1. The van der Waals surface area contributed by atoms with Crippen LogP contribution in [-0.2, 0) is 4.74 Å². The second-order valence-corrected chi connectivity index (χ2v) is 6.13. The number of aromatic nitrogens is 3. The Kier molecular flexibility index (Phi) is 6.86. The molecule has 0 aliphatic carbocycles. The molecule has 4 N–H and O–H groups in total. The predicted molar refractivity (Wildman–Crippen MR) is 101 cm³/mol. The molecule has 2 heterocycles. The summed E-state index contributed by atoms with van der Waals surface area (Å²) < 4.78 is 41.4. The van der Waals surface area contributed by atoms with Gasteiger partial charge in [0.2, 0.25) is 5.95 Å². The molecule has 0 spiro atoms. The Morgan fingerprint density at radius 2 is 2.17 bits per heavy atom. The monoisotopic (exact) mass is 428 g/mol. The lowest BCUT2D eigenvalue weighted by Crippen LogP contribution is -2.20. The fourth-order valence-electron chi connectivity index (χ4n) is 2.47. The summed E-state index contributed by atoms with van der Waals surface area (Å²) in [7, 11) is 0. The molecule has 29 heavy (non-hydrogen) atoms. The van der Waals surface area contributed by atoms with E-state index in [1.807, 2.05) is 5.48 Å². The summed E-state index contributed by atoms with van der Waals surface area (Å²) in [5.74, 6) is -0.168. The van der Waals surface area contributed by atoms with Crippen LogP contribution in [0.2, 0.25) is 5.02 Å². The number of rotatable bonds is 8. The molecule has 3 aromatic rings. The Labute approximate surface area is 167 Å². The van der Waals surface area contributed by atoms with E-state index in [4.69, 9.17) is 11.6 Å². The molecule has 8 nitrogen and oxygen atoms in total. The number of benzene rings is 1. The maximum Gasteiger partial charge on any atom is 0.345 e. The third kappa shape index (κ3) is 5.34. The number of anilines is 1. The van der Waals surface area contributed by atoms with E-state index in [9.17, 15) is 18.4 Å². The minimum absolute atomic E-state index is 0.0561. The molecule has 0 radical (unpaired) electrons. The van der Waals surface area contributed by atoms with E-state index < -0.39 is 12.4 Å². The van der Waals surface area contributed by atoms with Crippen molar-refractivity contribution in [1.29, 1.82) is 0 Å². The number of hydroxylamine groups is 1. The molecule has 1 aromatic carbocycles. The zero-order chi connectivity index (χ0) is 20.8. The first-order chi connectivity index (χ1) is 14.0. The Hall–Kier alpha value is -2.89. The zero-order valence-electron chi connectivity index (χ0n) is 14.8. The van der Waals surface area contributed by atoms with Gasteiger partial charge in [-0.1, -0.05) is 11.6 Å². The van der Waals surface area contributed by atoms with Crippen molar-refractivity contribution in [2.45, 2.75) is 13.0 Å². The van der Waals surface area contributed by atoms with Gasteiger partial charge in [-0.3, -0.25) is 10.7 Å². The lowest BCUT2D eigenvalue weighted by molar-refractivity contribution is -0.128. The van der Waals surface area contributed by atoms with E-state index in [1.165, 1.54) is 18.3 Å². The van der Waals surface area contributed by atoms with E-state index in [0.29, 0.717) is 41.3 Å². The van der Waals surface area contributed by atoms with Crippen molar-refractivity contribution in [2.75, 3.05) is 18.5 Å². The quantitative estimate of drug-likeness (QED) is 0.188. The van der Waals surface area contributed by atoms with Gasteiger partial charge in [-0.2, -0.15) is 13.8 Å².